The smallest absolute Gasteiger partial charge is 0.330 e. The number of benzene rings is 1. The summed E-state index contributed by atoms with van der Waals surface area (Å²) in [7, 11) is 6.83. The molecular weight excluding hydrogens is 557 g/mol. The number of nitrogens with one attached hydrogen (secondary N) is 1. The van der Waals surface area contributed by atoms with Gasteiger partial charge in [0, 0.05) is 49.6 Å². The van der Waals surface area contributed by atoms with E-state index in [-0.39, 0.29) is 46.3 Å². The van der Waals surface area contributed by atoms with E-state index in [2.05, 4.69) is 10.3 Å². The maximum Gasteiger partial charge on any atom is 0.330 e. The summed E-state index contributed by atoms with van der Waals surface area (Å²) in [6.45, 7) is 5.61. The van der Waals surface area contributed by atoms with E-state index in [1.54, 1.807) is 28.1 Å². The molecule has 2 aliphatic heterocycles. The van der Waals surface area contributed by atoms with Gasteiger partial charge in [-0.05, 0) is 34.4 Å². The van der Waals surface area contributed by atoms with Crippen molar-refractivity contribution in [2.24, 2.45) is 0 Å². The number of likely N-dealkylation sites (N-methyl/N-ethyl adjacent to an activating group) is 1. The number of urea groups is 1. The first-order valence-corrected chi connectivity index (χ1v) is 13.7. The number of rotatable bonds is 9. The first-order valence-electron chi connectivity index (χ1n) is 13.0. The van der Waals surface area contributed by atoms with Crippen LogP contribution in [0.4, 0.5) is 22.2 Å². The molecule has 1 fully saturated rings. The molecule has 1 atom stereocenters. The van der Waals surface area contributed by atoms with Crippen LogP contribution in [0.25, 0.3) is 0 Å². The number of fused-ring (bicyclic) bond motifs is 1. The third-order valence-corrected chi connectivity index (χ3v) is 7.38. The number of hydrogen-bond acceptors (Lipinski definition) is 8. The number of carbonyl (C=O) groups is 2. The second kappa shape index (κ2) is 12.5. The topological polar surface area (TPSA) is 103 Å². The Hall–Kier alpha value is -3.28. The zero-order valence-electron chi connectivity index (χ0n) is 23.6. The number of methoxy groups -OCH3 is 2. The first-order chi connectivity index (χ1) is 19.0. The molecule has 2 aliphatic rings. The van der Waals surface area contributed by atoms with Crippen LogP contribution < -0.4 is 24.6 Å². The van der Waals surface area contributed by atoms with Crippen LogP contribution in [0.1, 0.15) is 25.8 Å². The van der Waals surface area contributed by atoms with E-state index in [1.807, 2.05) is 38.9 Å². The van der Waals surface area contributed by atoms with Crippen molar-refractivity contribution in [3.8, 4) is 11.5 Å². The lowest BCUT2D eigenvalue weighted by Gasteiger charge is -2.39. The average Bonchev–Trinajstić information content (AvgIpc) is 3.38. The SMILES string of the molecule is COc1cc(OC)c(Cl)c(N2Cc3cnc(NC(C)C)nc3N([C@H]3CCN(C(=O)/C=C/CN(C)C)C3)C2=O)c1Cl. The molecule has 1 aromatic carbocycles. The number of ether oxygens (including phenoxy) is 2. The second-order valence-electron chi connectivity index (χ2n) is 10.2. The van der Waals surface area contributed by atoms with Gasteiger partial charge in [-0.1, -0.05) is 29.3 Å². The van der Waals surface area contributed by atoms with Crippen LogP contribution in [0.2, 0.25) is 10.0 Å². The minimum absolute atomic E-state index is 0.0951. The number of nitrogens with zero attached hydrogens (tertiary/aromatic N) is 6. The van der Waals surface area contributed by atoms with E-state index < -0.39 is 0 Å². The Morgan fingerprint density at radius 3 is 2.50 bits per heavy atom. The quantitative estimate of drug-likeness (QED) is 0.431. The van der Waals surface area contributed by atoms with Crippen LogP contribution >= 0.6 is 23.2 Å². The number of hydrogen-bond donors (Lipinski definition) is 1. The molecule has 0 saturated carbocycles. The third kappa shape index (κ3) is 6.06. The van der Waals surface area contributed by atoms with Crippen LogP contribution in [-0.4, -0.2) is 91.7 Å². The Labute approximate surface area is 244 Å². The number of carbonyl (C=O) groups excluding carboxylic acids is 2. The highest BCUT2D eigenvalue weighted by Crippen LogP contribution is 2.48. The van der Waals surface area contributed by atoms with Gasteiger partial charge in [0.05, 0.1) is 32.5 Å². The van der Waals surface area contributed by atoms with Crippen molar-refractivity contribution in [2.45, 2.75) is 38.9 Å². The summed E-state index contributed by atoms with van der Waals surface area (Å²) >= 11 is 13.4. The second-order valence-corrected chi connectivity index (χ2v) is 11.0. The Balaban J connectivity index is 1.74. The van der Waals surface area contributed by atoms with Crippen molar-refractivity contribution in [1.82, 2.24) is 19.8 Å². The number of halogens is 2. The van der Waals surface area contributed by atoms with Crippen molar-refractivity contribution >= 4 is 52.6 Å². The standard InChI is InChI=1S/C27H35Cl2N7O4/c1-16(2)31-26-30-13-17-14-35(24-22(28)19(39-5)12-20(40-6)23(24)29)27(38)36(25(17)32-26)18-9-11-34(15-18)21(37)8-7-10-33(3)4/h7-8,12-13,16,18H,9-11,14-15H2,1-6H3,(H,30,31,32)/b8-7+/t18-/m0/s1. The molecule has 0 unspecified atom stereocenters. The summed E-state index contributed by atoms with van der Waals surface area (Å²) in [5, 5.41) is 3.56. The predicted molar refractivity (Wildman–Crippen MR) is 157 cm³/mol. The molecule has 0 aliphatic carbocycles. The van der Waals surface area contributed by atoms with Gasteiger partial charge in [-0.25, -0.2) is 9.78 Å². The fourth-order valence-electron chi connectivity index (χ4n) is 4.74. The van der Waals surface area contributed by atoms with E-state index in [1.165, 1.54) is 19.1 Å². The van der Waals surface area contributed by atoms with Crippen molar-refractivity contribution in [1.29, 1.82) is 0 Å². The van der Waals surface area contributed by atoms with Gasteiger partial charge in [0.15, 0.2) is 0 Å². The minimum atomic E-state index is -0.372. The molecule has 0 spiro atoms. The van der Waals surface area contributed by atoms with Gasteiger partial charge in [-0.2, -0.15) is 4.98 Å². The highest BCUT2D eigenvalue weighted by molar-refractivity contribution is 6.42. The fourth-order valence-corrected chi connectivity index (χ4v) is 5.44. The van der Waals surface area contributed by atoms with Crippen LogP contribution in [-0.2, 0) is 11.3 Å². The summed E-state index contributed by atoms with van der Waals surface area (Å²) in [6.07, 6.45) is 5.68. The molecular formula is C27H35Cl2N7O4. The molecule has 2 aromatic rings. The van der Waals surface area contributed by atoms with Crippen molar-refractivity contribution in [2.75, 3.05) is 63.1 Å². The highest BCUT2D eigenvalue weighted by atomic mass is 35.5. The molecule has 216 valence electrons. The number of likely N-dealkylation sites (tertiary alicyclic amines) is 1. The third-order valence-electron chi connectivity index (χ3n) is 6.64. The summed E-state index contributed by atoms with van der Waals surface area (Å²) in [4.78, 5) is 43.2. The van der Waals surface area contributed by atoms with Crippen molar-refractivity contribution in [3.63, 3.8) is 0 Å². The lowest BCUT2D eigenvalue weighted by Crippen LogP contribution is -2.53. The van der Waals surface area contributed by atoms with E-state index in [9.17, 15) is 9.59 Å². The zero-order valence-corrected chi connectivity index (χ0v) is 25.1. The van der Waals surface area contributed by atoms with Gasteiger partial charge < -0.3 is 24.6 Å². The average molecular weight is 593 g/mol. The lowest BCUT2D eigenvalue weighted by molar-refractivity contribution is -0.125. The van der Waals surface area contributed by atoms with E-state index in [4.69, 9.17) is 37.7 Å². The molecule has 0 radical (unpaired) electrons. The maximum absolute atomic E-state index is 14.3. The zero-order chi connectivity index (χ0) is 29.1. The molecule has 13 heteroatoms. The summed E-state index contributed by atoms with van der Waals surface area (Å²) in [5.41, 5.74) is 0.973. The van der Waals surface area contributed by atoms with E-state index >= 15 is 0 Å². The van der Waals surface area contributed by atoms with Crippen molar-refractivity contribution < 1.29 is 19.1 Å². The van der Waals surface area contributed by atoms with E-state index in [0.717, 1.165) is 0 Å². The predicted octanol–water partition coefficient (Wildman–Crippen LogP) is 4.29. The molecule has 3 amide bonds. The normalized spacial score (nSPS) is 17.3. The molecule has 1 aromatic heterocycles. The fraction of sp³-hybridized carbons (Fsp3) is 0.481. The van der Waals surface area contributed by atoms with Gasteiger partial charge in [-0.15, -0.1) is 0 Å². The highest BCUT2D eigenvalue weighted by Gasteiger charge is 2.42. The van der Waals surface area contributed by atoms with E-state index in [0.29, 0.717) is 54.9 Å². The Morgan fingerprint density at radius 1 is 1.23 bits per heavy atom. The maximum atomic E-state index is 14.3. The number of amides is 3. The Morgan fingerprint density at radius 2 is 1.90 bits per heavy atom. The van der Waals surface area contributed by atoms with Crippen molar-refractivity contribution in [3.05, 3.63) is 40.0 Å². The van der Waals surface area contributed by atoms with Crippen LogP contribution in [0, 0.1) is 0 Å². The Kier molecular flexibility index (Phi) is 9.27. The van der Waals surface area contributed by atoms with Crippen LogP contribution in [0.5, 0.6) is 11.5 Å². The molecule has 4 rings (SSSR count). The first kappa shape index (κ1) is 29.7. The lowest BCUT2D eigenvalue weighted by atomic mass is 10.1. The number of anilines is 3. The monoisotopic (exact) mass is 591 g/mol. The van der Waals surface area contributed by atoms with Gasteiger partial charge in [0.25, 0.3) is 0 Å². The summed E-state index contributed by atoms with van der Waals surface area (Å²) in [6, 6.07) is 0.971. The number of aromatic nitrogens is 2. The van der Waals surface area contributed by atoms with Gasteiger partial charge >= 0.3 is 6.03 Å². The van der Waals surface area contributed by atoms with Gasteiger partial charge in [0.1, 0.15) is 27.4 Å². The molecule has 11 nitrogen and oxygen atoms in total. The molecule has 0 bridgehead atoms. The Bertz CT molecular complexity index is 1280. The molecule has 3 heterocycles. The summed E-state index contributed by atoms with van der Waals surface area (Å²) < 4.78 is 10.9. The molecule has 1 N–H and O–H groups in total. The van der Waals surface area contributed by atoms with Gasteiger partial charge in [0.2, 0.25) is 11.9 Å². The largest absolute Gasteiger partial charge is 0.495 e. The van der Waals surface area contributed by atoms with Crippen LogP contribution in [0.3, 0.4) is 0 Å². The molecule has 1 saturated heterocycles. The van der Waals surface area contributed by atoms with Crippen LogP contribution in [0.15, 0.2) is 24.4 Å². The summed E-state index contributed by atoms with van der Waals surface area (Å²) in [5.74, 6) is 1.44. The molecule has 40 heavy (non-hydrogen) atoms. The minimum Gasteiger partial charge on any atom is -0.495 e. The van der Waals surface area contributed by atoms with Gasteiger partial charge in [-0.3, -0.25) is 14.6 Å².